The number of morpholine rings is 1. The molecule has 92 valence electrons. The van der Waals surface area contributed by atoms with Crippen molar-refractivity contribution in [2.45, 2.75) is 6.10 Å². The molecule has 0 bridgehead atoms. The molecule has 0 aromatic carbocycles. The maximum atomic E-state index is 5.69. The molecule has 16 heavy (non-hydrogen) atoms. The molecule has 0 radical (unpaired) electrons. The van der Waals surface area contributed by atoms with E-state index in [-0.39, 0.29) is 0 Å². The highest BCUT2D eigenvalue weighted by Gasteiger charge is 2.19. The van der Waals surface area contributed by atoms with Crippen LogP contribution >= 0.6 is 0 Å². The lowest BCUT2D eigenvalue weighted by Gasteiger charge is -2.33. The van der Waals surface area contributed by atoms with Crippen molar-refractivity contribution in [3.8, 4) is 11.8 Å². The van der Waals surface area contributed by atoms with Gasteiger partial charge in [-0.25, -0.2) is 0 Å². The normalized spacial score (nSPS) is 21.9. The number of ether oxygens (including phenoxy) is 2. The van der Waals surface area contributed by atoms with Gasteiger partial charge in [-0.3, -0.25) is 4.90 Å². The van der Waals surface area contributed by atoms with Crippen molar-refractivity contribution >= 4 is 0 Å². The van der Waals surface area contributed by atoms with Gasteiger partial charge in [0, 0.05) is 26.7 Å². The lowest BCUT2D eigenvalue weighted by Crippen LogP contribution is -2.46. The van der Waals surface area contributed by atoms with Crippen LogP contribution in [0, 0.1) is 11.8 Å². The molecule has 1 fully saturated rings. The van der Waals surface area contributed by atoms with Crippen LogP contribution < -0.4 is 0 Å². The van der Waals surface area contributed by atoms with E-state index in [0.29, 0.717) is 12.7 Å². The van der Waals surface area contributed by atoms with Gasteiger partial charge >= 0.3 is 0 Å². The second-order valence-corrected chi connectivity index (χ2v) is 4.28. The second kappa shape index (κ2) is 7.64. The molecule has 4 nitrogen and oxygen atoms in total. The lowest BCUT2D eigenvalue weighted by atomic mass is 10.2. The summed E-state index contributed by atoms with van der Waals surface area (Å²) in [5, 5.41) is 0. The third kappa shape index (κ3) is 5.47. The fourth-order valence-electron chi connectivity index (χ4n) is 1.73. The highest BCUT2D eigenvalue weighted by Crippen LogP contribution is 2.05. The number of hydrogen-bond acceptors (Lipinski definition) is 4. The summed E-state index contributed by atoms with van der Waals surface area (Å²) < 4.78 is 10.6. The van der Waals surface area contributed by atoms with Crippen LogP contribution in [0.1, 0.15) is 0 Å². The van der Waals surface area contributed by atoms with E-state index >= 15 is 0 Å². The minimum absolute atomic E-state index is 0.313. The Labute approximate surface area is 98.5 Å². The van der Waals surface area contributed by atoms with Crippen LogP contribution in [0.5, 0.6) is 0 Å². The van der Waals surface area contributed by atoms with E-state index < -0.39 is 0 Å². The van der Waals surface area contributed by atoms with Gasteiger partial charge < -0.3 is 14.4 Å². The van der Waals surface area contributed by atoms with Crippen LogP contribution in [0.4, 0.5) is 0 Å². The Morgan fingerprint density at radius 3 is 2.94 bits per heavy atom. The second-order valence-electron chi connectivity index (χ2n) is 4.28. The number of hydrogen-bond donors (Lipinski definition) is 0. The number of nitrogens with zero attached hydrogens (tertiary/aromatic N) is 2. The molecular formula is C12H22N2O2. The fraction of sp³-hybridized carbons (Fsp3) is 0.833. The van der Waals surface area contributed by atoms with Gasteiger partial charge in [0.2, 0.25) is 0 Å². The first-order valence-corrected chi connectivity index (χ1v) is 5.65. The van der Waals surface area contributed by atoms with E-state index in [1.165, 1.54) is 0 Å². The molecule has 0 spiro atoms. The molecule has 4 heteroatoms. The summed E-state index contributed by atoms with van der Waals surface area (Å²) in [6.45, 7) is 5.07. The molecule has 1 aliphatic heterocycles. The predicted molar refractivity (Wildman–Crippen MR) is 64.4 cm³/mol. The maximum absolute atomic E-state index is 5.69. The van der Waals surface area contributed by atoms with E-state index in [1.54, 1.807) is 7.11 Å². The molecule has 0 aliphatic carbocycles. The first-order chi connectivity index (χ1) is 7.72. The number of methoxy groups -OCH3 is 1. The van der Waals surface area contributed by atoms with Gasteiger partial charge in [0.05, 0.1) is 19.3 Å². The summed E-state index contributed by atoms with van der Waals surface area (Å²) in [7, 11) is 5.80. The summed E-state index contributed by atoms with van der Waals surface area (Å²) in [5.41, 5.74) is 0. The first-order valence-electron chi connectivity index (χ1n) is 5.65. The molecule has 1 atom stereocenters. The van der Waals surface area contributed by atoms with Gasteiger partial charge in [0.25, 0.3) is 0 Å². The van der Waals surface area contributed by atoms with E-state index in [2.05, 4.69) is 35.7 Å². The maximum Gasteiger partial charge on any atom is 0.107 e. The zero-order valence-electron chi connectivity index (χ0n) is 10.5. The van der Waals surface area contributed by atoms with Crippen LogP contribution in [0.15, 0.2) is 0 Å². The Balaban J connectivity index is 2.25. The van der Waals surface area contributed by atoms with Crippen molar-refractivity contribution in [1.29, 1.82) is 0 Å². The van der Waals surface area contributed by atoms with Crippen LogP contribution in [-0.2, 0) is 9.47 Å². The largest absolute Gasteiger partial charge is 0.374 e. The molecule has 0 amide bonds. The minimum Gasteiger partial charge on any atom is -0.374 e. The third-order valence-corrected chi connectivity index (χ3v) is 2.44. The minimum atomic E-state index is 0.313. The Morgan fingerprint density at radius 1 is 1.44 bits per heavy atom. The molecular weight excluding hydrogens is 204 g/mol. The van der Waals surface area contributed by atoms with Crippen molar-refractivity contribution in [2.75, 3.05) is 60.6 Å². The van der Waals surface area contributed by atoms with Gasteiger partial charge in [0.15, 0.2) is 0 Å². The predicted octanol–water partition coefficient (Wildman–Crippen LogP) is -0.101. The standard InChI is InChI=1S/C12H22N2O2/c1-13(2)10-12-11-14(7-9-16-12)6-4-5-8-15-3/h12H,6-11H2,1-3H3/t12-/m0/s1. The highest BCUT2D eigenvalue weighted by atomic mass is 16.5. The van der Waals surface area contributed by atoms with E-state index in [9.17, 15) is 0 Å². The smallest absolute Gasteiger partial charge is 0.107 e. The van der Waals surface area contributed by atoms with E-state index in [1.807, 2.05) is 0 Å². The topological polar surface area (TPSA) is 24.9 Å². The molecule has 1 saturated heterocycles. The van der Waals surface area contributed by atoms with Crippen LogP contribution in [-0.4, -0.2) is 76.5 Å². The molecule has 1 heterocycles. The van der Waals surface area contributed by atoms with Gasteiger partial charge in [-0.05, 0) is 14.1 Å². The first kappa shape index (κ1) is 13.5. The van der Waals surface area contributed by atoms with Crippen molar-refractivity contribution in [3.05, 3.63) is 0 Å². The van der Waals surface area contributed by atoms with Gasteiger partial charge in [-0.15, -0.1) is 0 Å². The zero-order chi connectivity index (χ0) is 11.8. The van der Waals surface area contributed by atoms with Crippen molar-refractivity contribution in [2.24, 2.45) is 0 Å². The molecule has 0 aromatic heterocycles. The Kier molecular flexibility index (Phi) is 6.43. The summed E-state index contributed by atoms with van der Waals surface area (Å²) in [6, 6.07) is 0. The molecule has 1 aliphatic rings. The van der Waals surface area contributed by atoms with Gasteiger partial charge in [-0.1, -0.05) is 11.8 Å². The van der Waals surface area contributed by atoms with Crippen molar-refractivity contribution in [3.63, 3.8) is 0 Å². The van der Waals surface area contributed by atoms with E-state index in [0.717, 1.165) is 32.8 Å². The third-order valence-electron chi connectivity index (χ3n) is 2.44. The summed E-state index contributed by atoms with van der Waals surface area (Å²) in [4.78, 5) is 4.49. The molecule has 0 aromatic rings. The summed E-state index contributed by atoms with van der Waals surface area (Å²) >= 11 is 0. The molecule has 1 rings (SSSR count). The van der Waals surface area contributed by atoms with Gasteiger partial charge in [-0.2, -0.15) is 0 Å². The SMILES string of the molecule is COCC#CCN1CCO[C@@H](CN(C)C)C1. The highest BCUT2D eigenvalue weighted by molar-refractivity contribution is 5.01. The van der Waals surface area contributed by atoms with E-state index in [4.69, 9.17) is 9.47 Å². The molecule has 0 saturated carbocycles. The van der Waals surface area contributed by atoms with Crippen molar-refractivity contribution < 1.29 is 9.47 Å². The fourth-order valence-corrected chi connectivity index (χ4v) is 1.73. The van der Waals surface area contributed by atoms with Gasteiger partial charge in [0.1, 0.15) is 6.61 Å². The zero-order valence-corrected chi connectivity index (χ0v) is 10.5. The summed E-state index contributed by atoms with van der Waals surface area (Å²) in [5.74, 6) is 6.08. The Bertz CT molecular complexity index is 245. The molecule has 0 N–H and O–H groups in total. The average molecular weight is 226 g/mol. The monoisotopic (exact) mass is 226 g/mol. The van der Waals surface area contributed by atoms with Crippen LogP contribution in [0.25, 0.3) is 0 Å². The average Bonchev–Trinajstić information content (AvgIpc) is 2.24. The van der Waals surface area contributed by atoms with Crippen LogP contribution in [0.3, 0.4) is 0 Å². The lowest BCUT2D eigenvalue weighted by molar-refractivity contribution is -0.0338. The van der Waals surface area contributed by atoms with Crippen LogP contribution in [0.2, 0.25) is 0 Å². The van der Waals surface area contributed by atoms with Crippen molar-refractivity contribution in [1.82, 2.24) is 9.80 Å². The number of rotatable bonds is 4. The Morgan fingerprint density at radius 2 is 2.25 bits per heavy atom. The Hall–Kier alpha value is -0.600. The summed E-state index contributed by atoms with van der Waals surface area (Å²) in [6.07, 6.45) is 0.313. The molecule has 0 unspecified atom stereocenters. The quantitative estimate of drug-likeness (QED) is 0.625. The number of likely N-dealkylation sites (N-methyl/N-ethyl adjacent to an activating group) is 1.